The van der Waals surface area contributed by atoms with Crippen molar-refractivity contribution in [2.24, 2.45) is 0 Å². The van der Waals surface area contributed by atoms with Crippen LogP contribution in [0.4, 0.5) is 0 Å². The highest BCUT2D eigenvalue weighted by atomic mass is 15.5. The van der Waals surface area contributed by atoms with Crippen LogP contribution in [0.5, 0.6) is 0 Å². The molecule has 2 aromatic rings. The third-order valence-corrected chi connectivity index (χ3v) is 3.60. The van der Waals surface area contributed by atoms with E-state index in [1.807, 2.05) is 0 Å². The Morgan fingerprint density at radius 3 is 2.61 bits per heavy atom. The predicted octanol–water partition coefficient (Wildman–Crippen LogP) is 2.12. The number of likely N-dealkylation sites (tertiary alicyclic amines) is 1. The molecule has 1 aromatic heterocycles. The van der Waals surface area contributed by atoms with Crippen molar-refractivity contribution in [2.75, 3.05) is 13.1 Å². The van der Waals surface area contributed by atoms with Crippen molar-refractivity contribution in [3.05, 3.63) is 48.3 Å². The van der Waals surface area contributed by atoms with E-state index in [1.165, 1.54) is 24.9 Å². The van der Waals surface area contributed by atoms with Gasteiger partial charge in [-0.1, -0.05) is 30.3 Å². The van der Waals surface area contributed by atoms with E-state index >= 15 is 0 Å². The molecule has 94 valence electrons. The van der Waals surface area contributed by atoms with E-state index in [0.29, 0.717) is 6.04 Å². The standard InChI is InChI=1S/C14H18N4/c1-2-5-13(6-3-1)14-7-4-10-17(14)11-12-18-15-8-9-16-18/h1-3,5-6,8-9,14H,4,7,10-12H2. The van der Waals surface area contributed by atoms with Gasteiger partial charge < -0.3 is 0 Å². The van der Waals surface area contributed by atoms with Gasteiger partial charge in [-0.25, -0.2) is 0 Å². The molecule has 4 heteroatoms. The first-order valence-electron chi connectivity index (χ1n) is 6.56. The molecule has 2 heterocycles. The highest BCUT2D eigenvalue weighted by Crippen LogP contribution is 2.31. The zero-order valence-electron chi connectivity index (χ0n) is 10.4. The third kappa shape index (κ3) is 2.43. The summed E-state index contributed by atoms with van der Waals surface area (Å²) in [5.41, 5.74) is 1.43. The lowest BCUT2D eigenvalue weighted by atomic mass is 10.0. The van der Waals surface area contributed by atoms with Crippen LogP contribution in [0.1, 0.15) is 24.4 Å². The lowest BCUT2D eigenvalue weighted by Gasteiger charge is -2.24. The Labute approximate surface area is 107 Å². The van der Waals surface area contributed by atoms with Crippen molar-refractivity contribution in [1.82, 2.24) is 19.9 Å². The summed E-state index contributed by atoms with van der Waals surface area (Å²) in [5, 5.41) is 8.31. The first-order chi connectivity index (χ1) is 8.93. The lowest BCUT2D eigenvalue weighted by Crippen LogP contribution is -2.27. The van der Waals surface area contributed by atoms with Gasteiger partial charge in [-0.2, -0.15) is 15.0 Å². The van der Waals surface area contributed by atoms with Crippen molar-refractivity contribution in [3.8, 4) is 0 Å². The summed E-state index contributed by atoms with van der Waals surface area (Å²) in [6.07, 6.45) is 6.01. The Kier molecular flexibility index (Phi) is 3.37. The second-order valence-electron chi connectivity index (χ2n) is 4.73. The van der Waals surface area contributed by atoms with Gasteiger partial charge in [0.1, 0.15) is 0 Å². The Morgan fingerprint density at radius 2 is 1.83 bits per heavy atom. The van der Waals surface area contributed by atoms with Crippen LogP contribution < -0.4 is 0 Å². The van der Waals surface area contributed by atoms with Gasteiger partial charge in [0.05, 0.1) is 18.9 Å². The van der Waals surface area contributed by atoms with E-state index < -0.39 is 0 Å². The van der Waals surface area contributed by atoms with E-state index in [4.69, 9.17) is 0 Å². The van der Waals surface area contributed by atoms with Gasteiger partial charge in [-0.3, -0.25) is 4.90 Å². The number of hydrogen-bond acceptors (Lipinski definition) is 3. The van der Waals surface area contributed by atoms with Crippen molar-refractivity contribution < 1.29 is 0 Å². The topological polar surface area (TPSA) is 34.0 Å². The van der Waals surface area contributed by atoms with Crippen LogP contribution in [0, 0.1) is 0 Å². The molecule has 0 radical (unpaired) electrons. The summed E-state index contributed by atoms with van der Waals surface area (Å²) in [6, 6.07) is 11.4. The fourth-order valence-electron chi connectivity index (χ4n) is 2.72. The Balaban J connectivity index is 1.65. The lowest BCUT2D eigenvalue weighted by molar-refractivity contribution is 0.237. The van der Waals surface area contributed by atoms with E-state index in [-0.39, 0.29) is 0 Å². The van der Waals surface area contributed by atoms with Crippen LogP contribution in [0.15, 0.2) is 42.7 Å². The molecule has 1 unspecified atom stereocenters. The monoisotopic (exact) mass is 242 g/mol. The average Bonchev–Trinajstić information content (AvgIpc) is 3.09. The number of rotatable bonds is 4. The molecule has 1 aliphatic heterocycles. The zero-order valence-corrected chi connectivity index (χ0v) is 10.4. The summed E-state index contributed by atoms with van der Waals surface area (Å²) in [4.78, 5) is 4.30. The van der Waals surface area contributed by atoms with Gasteiger partial charge in [0.15, 0.2) is 0 Å². The maximum absolute atomic E-state index is 4.15. The average molecular weight is 242 g/mol. The Morgan fingerprint density at radius 1 is 1.06 bits per heavy atom. The van der Waals surface area contributed by atoms with Gasteiger partial charge in [0, 0.05) is 12.6 Å². The molecular weight excluding hydrogens is 224 g/mol. The zero-order chi connectivity index (χ0) is 12.2. The number of aromatic nitrogens is 3. The highest BCUT2D eigenvalue weighted by molar-refractivity contribution is 5.19. The van der Waals surface area contributed by atoms with E-state index in [1.54, 1.807) is 17.2 Å². The number of nitrogens with zero attached hydrogens (tertiary/aromatic N) is 4. The highest BCUT2D eigenvalue weighted by Gasteiger charge is 2.25. The fourth-order valence-corrected chi connectivity index (χ4v) is 2.72. The molecule has 0 bridgehead atoms. The third-order valence-electron chi connectivity index (χ3n) is 3.60. The molecule has 1 aliphatic rings. The molecule has 0 saturated carbocycles. The van der Waals surface area contributed by atoms with Gasteiger partial charge in [0.2, 0.25) is 0 Å². The largest absolute Gasteiger partial charge is 0.294 e. The van der Waals surface area contributed by atoms with Gasteiger partial charge in [-0.15, -0.1) is 0 Å². The first kappa shape index (κ1) is 11.4. The number of benzene rings is 1. The minimum atomic E-state index is 0.571. The summed E-state index contributed by atoms with van der Waals surface area (Å²) in [5.74, 6) is 0. The Hall–Kier alpha value is -1.68. The second-order valence-corrected chi connectivity index (χ2v) is 4.73. The van der Waals surface area contributed by atoms with Crippen molar-refractivity contribution >= 4 is 0 Å². The fraction of sp³-hybridized carbons (Fsp3) is 0.429. The minimum Gasteiger partial charge on any atom is -0.294 e. The second kappa shape index (κ2) is 5.31. The Bertz CT molecular complexity index is 466. The molecule has 1 aromatic carbocycles. The molecule has 1 fully saturated rings. The maximum Gasteiger partial charge on any atom is 0.0734 e. The van der Waals surface area contributed by atoms with Gasteiger partial charge >= 0.3 is 0 Å². The molecule has 0 spiro atoms. The molecule has 18 heavy (non-hydrogen) atoms. The van der Waals surface area contributed by atoms with Crippen LogP contribution in [0.3, 0.4) is 0 Å². The smallest absolute Gasteiger partial charge is 0.0734 e. The van der Waals surface area contributed by atoms with Crippen molar-refractivity contribution in [3.63, 3.8) is 0 Å². The first-order valence-corrected chi connectivity index (χ1v) is 6.56. The molecule has 0 amide bonds. The van der Waals surface area contributed by atoms with Crippen LogP contribution in [-0.2, 0) is 6.54 Å². The number of hydrogen-bond donors (Lipinski definition) is 0. The molecule has 4 nitrogen and oxygen atoms in total. The molecule has 1 saturated heterocycles. The van der Waals surface area contributed by atoms with Crippen molar-refractivity contribution in [1.29, 1.82) is 0 Å². The predicted molar refractivity (Wildman–Crippen MR) is 70.0 cm³/mol. The SMILES string of the molecule is c1ccc(C2CCCN2CCn2nccn2)cc1. The molecular formula is C14H18N4. The summed E-state index contributed by atoms with van der Waals surface area (Å²) < 4.78 is 0. The maximum atomic E-state index is 4.15. The van der Waals surface area contributed by atoms with E-state index in [0.717, 1.165) is 13.1 Å². The quantitative estimate of drug-likeness (QED) is 0.823. The normalized spacial score (nSPS) is 20.3. The molecule has 0 N–H and O–H groups in total. The minimum absolute atomic E-state index is 0.571. The van der Waals surface area contributed by atoms with Crippen LogP contribution in [0.2, 0.25) is 0 Å². The summed E-state index contributed by atoms with van der Waals surface area (Å²) >= 11 is 0. The van der Waals surface area contributed by atoms with Crippen LogP contribution in [0.25, 0.3) is 0 Å². The van der Waals surface area contributed by atoms with Gasteiger partial charge in [0.25, 0.3) is 0 Å². The summed E-state index contributed by atoms with van der Waals surface area (Å²) in [6.45, 7) is 3.07. The van der Waals surface area contributed by atoms with Crippen LogP contribution >= 0.6 is 0 Å². The van der Waals surface area contributed by atoms with Crippen LogP contribution in [-0.4, -0.2) is 33.0 Å². The molecule has 1 atom stereocenters. The van der Waals surface area contributed by atoms with E-state index in [9.17, 15) is 0 Å². The molecule has 3 rings (SSSR count). The van der Waals surface area contributed by atoms with Gasteiger partial charge in [-0.05, 0) is 24.9 Å². The van der Waals surface area contributed by atoms with E-state index in [2.05, 4.69) is 45.4 Å². The molecule has 0 aliphatic carbocycles. The summed E-state index contributed by atoms with van der Waals surface area (Å²) in [7, 11) is 0. The van der Waals surface area contributed by atoms with Crippen molar-refractivity contribution in [2.45, 2.75) is 25.4 Å².